The van der Waals surface area contributed by atoms with Crippen molar-refractivity contribution in [1.29, 1.82) is 0 Å². The smallest absolute Gasteiger partial charge is 0.255 e. The number of carbonyl (C=O) groups is 1. The molecule has 0 saturated carbocycles. The van der Waals surface area contributed by atoms with Gasteiger partial charge in [0.2, 0.25) is 0 Å². The predicted octanol–water partition coefficient (Wildman–Crippen LogP) is 3.33. The molecular formula is C19H21NO2. The third kappa shape index (κ3) is 2.37. The van der Waals surface area contributed by atoms with Gasteiger partial charge in [0.05, 0.1) is 12.7 Å². The zero-order valence-corrected chi connectivity index (χ0v) is 13.2. The molecule has 1 unspecified atom stereocenters. The minimum Gasteiger partial charge on any atom is -0.496 e. The van der Waals surface area contributed by atoms with Gasteiger partial charge in [0.1, 0.15) is 5.75 Å². The second-order valence-electron chi connectivity index (χ2n) is 6.31. The highest BCUT2D eigenvalue weighted by Gasteiger charge is 2.40. The molecular weight excluding hydrogens is 274 g/mol. The van der Waals surface area contributed by atoms with Gasteiger partial charge in [-0.05, 0) is 29.7 Å². The standard InChI is InChI=1S/C19H21NO2/c1-19(2)15-10-6-4-8-13(15)12-17(19)20-18(21)14-9-5-7-11-16(14)22-3/h4-11,17H,12H2,1-3H3,(H,20,21). The lowest BCUT2D eigenvalue weighted by Gasteiger charge is -2.29. The number of hydrogen-bond donors (Lipinski definition) is 1. The molecule has 0 saturated heterocycles. The molecule has 3 rings (SSSR count). The van der Waals surface area contributed by atoms with Crippen molar-refractivity contribution in [3.8, 4) is 5.75 Å². The number of amides is 1. The van der Waals surface area contributed by atoms with Gasteiger partial charge in [0.15, 0.2) is 0 Å². The fraction of sp³-hybridized carbons (Fsp3) is 0.316. The van der Waals surface area contributed by atoms with Crippen molar-refractivity contribution < 1.29 is 9.53 Å². The van der Waals surface area contributed by atoms with Gasteiger partial charge >= 0.3 is 0 Å². The van der Waals surface area contributed by atoms with Crippen LogP contribution in [0.1, 0.15) is 35.3 Å². The van der Waals surface area contributed by atoms with Gasteiger partial charge in [0.25, 0.3) is 5.91 Å². The summed E-state index contributed by atoms with van der Waals surface area (Å²) >= 11 is 0. The van der Waals surface area contributed by atoms with E-state index in [0.717, 1.165) is 6.42 Å². The summed E-state index contributed by atoms with van der Waals surface area (Å²) in [7, 11) is 1.58. The van der Waals surface area contributed by atoms with Crippen LogP contribution in [0.3, 0.4) is 0 Å². The Morgan fingerprint density at radius 3 is 2.55 bits per heavy atom. The van der Waals surface area contributed by atoms with Gasteiger partial charge in [-0.15, -0.1) is 0 Å². The highest BCUT2D eigenvalue weighted by molar-refractivity contribution is 5.97. The molecule has 1 amide bonds. The van der Waals surface area contributed by atoms with Crippen LogP contribution in [0.25, 0.3) is 0 Å². The molecule has 1 atom stereocenters. The molecule has 0 bridgehead atoms. The highest BCUT2D eigenvalue weighted by Crippen LogP contribution is 2.38. The Hall–Kier alpha value is -2.29. The van der Waals surface area contributed by atoms with E-state index in [0.29, 0.717) is 11.3 Å². The SMILES string of the molecule is COc1ccccc1C(=O)NC1Cc2ccccc2C1(C)C. The second kappa shape index (κ2) is 5.48. The minimum atomic E-state index is -0.0802. The fourth-order valence-electron chi connectivity index (χ4n) is 3.29. The molecule has 3 heteroatoms. The van der Waals surface area contributed by atoms with Crippen LogP contribution in [0.2, 0.25) is 0 Å². The van der Waals surface area contributed by atoms with Gasteiger partial charge < -0.3 is 10.1 Å². The van der Waals surface area contributed by atoms with Crippen LogP contribution >= 0.6 is 0 Å². The van der Waals surface area contributed by atoms with E-state index in [-0.39, 0.29) is 17.4 Å². The number of fused-ring (bicyclic) bond motifs is 1. The van der Waals surface area contributed by atoms with E-state index in [1.165, 1.54) is 11.1 Å². The van der Waals surface area contributed by atoms with Gasteiger partial charge in [0, 0.05) is 11.5 Å². The average molecular weight is 295 g/mol. The first-order valence-electron chi connectivity index (χ1n) is 7.56. The maximum atomic E-state index is 12.6. The molecule has 114 valence electrons. The van der Waals surface area contributed by atoms with Crippen LogP contribution in [0.15, 0.2) is 48.5 Å². The van der Waals surface area contributed by atoms with Crippen molar-refractivity contribution in [2.45, 2.75) is 31.7 Å². The summed E-state index contributed by atoms with van der Waals surface area (Å²) in [5, 5.41) is 3.19. The molecule has 2 aromatic rings. The lowest BCUT2D eigenvalue weighted by atomic mass is 9.83. The van der Waals surface area contributed by atoms with Crippen molar-refractivity contribution in [2.75, 3.05) is 7.11 Å². The lowest BCUT2D eigenvalue weighted by Crippen LogP contribution is -2.45. The topological polar surface area (TPSA) is 38.3 Å². The second-order valence-corrected chi connectivity index (χ2v) is 6.31. The van der Waals surface area contributed by atoms with Gasteiger partial charge in [-0.1, -0.05) is 50.2 Å². The Bertz CT molecular complexity index is 706. The minimum absolute atomic E-state index is 0.0751. The maximum absolute atomic E-state index is 12.6. The largest absolute Gasteiger partial charge is 0.496 e. The third-order valence-corrected chi connectivity index (χ3v) is 4.66. The number of benzene rings is 2. The first-order chi connectivity index (χ1) is 10.5. The highest BCUT2D eigenvalue weighted by atomic mass is 16.5. The maximum Gasteiger partial charge on any atom is 0.255 e. The molecule has 22 heavy (non-hydrogen) atoms. The Morgan fingerprint density at radius 2 is 1.82 bits per heavy atom. The number of para-hydroxylation sites is 1. The molecule has 1 N–H and O–H groups in total. The lowest BCUT2D eigenvalue weighted by molar-refractivity contribution is 0.0920. The van der Waals surface area contributed by atoms with Crippen LogP contribution < -0.4 is 10.1 Å². The van der Waals surface area contributed by atoms with E-state index < -0.39 is 0 Å². The van der Waals surface area contributed by atoms with E-state index in [2.05, 4.69) is 43.4 Å². The van der Waals surface area contributed by atoms with Gasteiger partial charge in [-0.3, -0.25) is 4.79 Å². The van der Waals surface area contributed by atoms with Gasteiger partial charge in [-0.25, -0.2) is 0 Å². The van der Waals surface area contributed by atoms with E-state index in [4.69, 9.17) is 4.74 Å². The number of methoxy groups -OCH3 is 1. The van der Waals surface area contributed by atoms with E-state index in [9.17, 15) is 4.79 Å². The first kappa shape index (κ1) is 14.6. The summed E-state index contributed by atoms with van der Waals surface area (Å²) in [6.07, 6.45) is 0.865. The van der Waals surface area contributed by atoms with Crippen LogP contribution in [-0.2, 0) is 11.8 Å². The Labute approximate surface area is 131 Å². The Morgan fingerprint density at radius 1 is 1.14 bits per heavy atom. The summed E-state index contributed by atoms with van der Waals surface area (Å²) in [4.78, 5) is 12.6. The normalized spacial score (nSPS) is 18.6. The number of ether oxygens (including phenoxy) is 1. The van der Waals surface area contributed by atoms with Crippen LogP contribution in [-0.4, -0.2) is 19.1 Å². The summed E-state index contributed by atoms with van der Waals surface area (Å²) in [5.74, 6) is 0.525. The Balaban J connectivity index is 1.84. The molecule has 0 fully saturated rings. The fourth-order valence-corrected chi connectivity index (χ4v) is 3.29. The van der Waals surface area contributed by atoms with Crippen LogP contribution in [0.5, 0.6) is 5.75 Å². The van der Waals surface area contributed by atoms with E-state index in [1.54, 1.807) is 13.2 Å². The summed E-state index contributed by atoms with van der Waals surface area (Å²) < 4.78 is 5.28. The third-order valence-electron chi connectivity index (χ3n) is 4.66. The van der Waals surface area contributed by atoms with Gasteiger partial charge in [-0.2, -0.15) is 0 Å². The molecule has 0 radical (unpaired) electrons. The summed E-state index contributed by atoms with van der Waals surface area (Å²) in [6, 6.07) is 15.8. The molecule has 1 aliphatic carbocycles. The predicted molar refractivity (Wildman–Crippen MR) is 87.4 cm³/mol. The van der Waals surface area contributed by atoms with Crippen molar-refractivity contribution in [2.24, 2.45) is 0 Å². The molecule has 0 aliphatic heterocycles. The zero-order chi connectivity index (χ0) is 15.7. The van der Waals surface area contributed by atoms with Crippen LogP contribution in [0, 0.1) is 0 Å². The zero-order valence-electron chi connectivity index (χ0n) is 13.2. The molecule has 1 aliphatic rings. The monoisotopic (exact) mass is 295 g/mol. The number of nitrogens with one attached hydrogen (secondary N) is 1. The summed E-state index contributed by atoms with van der Waals surface area (Å²) in [5.41, 5.74) is 3.14. The van der Waals surface area contributed by atoms with Crippen molar-refractivity contribution in [3.05, 3.63) is 65.2 Å². The Kier molecular flexibility index (Phi) is 3.65. The summed E-state index contributed by atoms with van der Waals surface area (Å²) in [6.45, 7) is 4.37. The quantitative estimate of drug-likeness (QED) is 0.943. The molecule has 0 aromatic heterocycles. The number of hydrogen-bond acceptors (Lipinski definition) is 2. The molecule has 3 nitrogen and oxygen atoms in total. The molecule has 2 aromatic carbocycles. The molecule has 0 heterocycles. The molecule has 0 spiro atoms. The van der Waals surface area contributed by atoms with Crippen molar-refractivity contribution in [3.63, 3.8) is 0 Å². The van der Waals surface area contributed by atoms with Crippen molar-refractivity contribution >= 4 is 5.91 Å². The number of carbonyl (C=O) groups excluding carboxylic acids is 1. The average Bonchev–Trinajstić information content (AvgIpc) is 2.78. The number of rotatable bonds is 3. The van der Waals surface area contributed by atoms with Crippen molar-refractivity contribution in [1.82, 2.24) is 5.32 Å². The first-order valence-corrected chi connectivity index (χ1v) is 7.56. The van der Waals surface area contributed by atoms with Crippen LogP contribution in [0.4, 0.5) is 0 Å². The van der Waals surface area contributed by atoms with E-state index in [1.807, 2.05) is 18.2 Å². The van der Waals surface area contributed by atoms with E-state index >= 15 is 0 Å².